The molecule has 1 aromatic rings. The van der Waals surface area contributed by atoms with Crippen LogP contribution in [0.5, 0.6) is 0 Å². The van der Waals surface area contributed by atoms with Gasteiger partial charge in [-0.25, -0.2) is 0 Å². The van der Waals surface area contributed by atoms with Gasteiger partial charge >= 0.3 is 0 Å². The Balaban J connectivity index is 0.00000249. The molecule has 0 bridgehead atoms. The van der Waals surface area contributed by atoms with Gasteiger partial charge in [-0.05, 0) is 90.5 Å². The van der Waals surface area contributed by atoms with Gasteiger partial charge in [0, 0.05) is 43.9 Å². The minimum Gasteiger partial charge on any atom is -0.345 e. The fourth-order valence-electron chi connectivity index (χ4n) is 3.84. The normalized spacial score (nSPS) is 16.3. The van der Waals surface area contributed by atoms with Gasteiger partial charge in [-0.3, -0.25) is 14.7 Å². The number of piperidine rings is 1. The highest BCUT2D eigenvalue weighted by molar-refractivity contribution is 9.12. The van der Waals surface area contributed by atoms with Crippen LogP contribution in [0.25, 0.3) is 0 Å². The second-order valence-corrected chi connectivity index (χ2v) is 9.07. The molecule has 0 aliphatic carbocycles. The fourth-order valence-corrected chi connectivity index (χ4v) is 4.06. The average molecular weight is 503 g/mol. The zero-order valence-electron chi connectivity index (χ0n) is 20.9. The second kappa shape index (κ2) is 14.2. The molecule has 1 fully saturated rings. The number of nitrogens with zero attached hydrogens (tertiary/aromatic N) is 3. The maximum atomic E-state index is 12.1. The lowest BCUT2D eigenvalue weighted by Gasteiger charge is -2.32. The third kappa shape index (κ3) is 8.51. The van der Waals surface area contributed by atoms with Crippen molar-refractivity contribution < 1.29 is 4.79 Å². The molecule has 5 heteroatoms. The molecule has 0 aromatic heterocycles. The summed E-state index contributed by atoms with van der Waals surface area (Å²) < 4.78 is 1.00. The first-order valence-corrected chi connectivity index (χ1v) is 12.2. The lowest BCUT2D eigenvalue weighted by molar-refractivity contribution is 0.0827. The Morgan fingerprint density at radius 1 is 1.19 bits per heavy atom. The molecule has 1 heterocycles. The molecule has 1 aliphatic heterocycles. The Morgan fingerprint density at radius 2 is 1.75 bits per heavy atom. The summed E-state index contributed by atoms with van der Waals surface area (Å²) in [5, 5.41) is 0. The smallest absolute Gasteiger partial charge is 0.253 e. The van der Waals surface area contributed by atoms with Gasteiger partial charge in [0.05, 0.1) is 0 Å². The lowest BCUT2D eigenvalue weighted by atomic mass is 9.88. The summed E-state index contributed by atoms with van der Waals surface area (Å²) in [6, 6.07) is 8.16. The molecule has 2 rings (SSSR count). The van der Waals surface area contributed by atoms with Crippen LogP contribution in [0.4, 0.5) is 0 Å². The van der Waals surface area contributed by atoms with Crippen LogP contribution >= 0.6 is 15.9 Å². The molecule has 0 spiro atoms. The molecular weight excluding hydrogens is 462 g/mol. The van der Waals surface area contributed by atoms with E-state index in [4.69, 9.17) is 0 Å². The van der Waals surface area contributed by atoms with Crippen LogP contribution in [-0.4, -0.2) is 62.7 Å². The second-order valence-electron chi connectivity index (χ2n) is 8.27. The summed E-state index contributed by atoms with van der Waals surface area (Å²) in [6.07, 6.45) is 6.28. The topological polar surface area (TPSA) is 35.9 Å². The van der Waals surface area contributed by atoms with E-state index in [2.05, 4.69) is 57.5 Å². The van der Waals surface area contributed by atoms with Crippen molar-refractivity contribution in [2.45, 2.75) is 46.5 Å². The van der Waals surface area contributed by atoms with Crippen molar-refractivity contribution in [3.8, 4) is 0 Å². The maximum Gasteiger partial charge on any atom is 0.253 e. The number of amides is 1. The predicted octanol–water partition coefficient (Wildman–Crippen LogP) is 6.47. The minimum atomic E-state index is 0.0545. The molecule has 0 unspecified atom stereocenters. The summed E-state index contributed by atoms with van der Waals surface area (Å²) in [7, 11) is 5.34. The zero-order valence-corrected chi connectivity index (χ0v) is 22.5. The van der Waals surface area contributed by atoms with Crippen LogP contribution in [0.2, 0.25) is 0 Å². The molecule has 176 valence electrons. The van der Waals surface area contributed by atoms with Crippen molar-refractivity contribution >= 4 is 28.1 Å². The Hall–Kier alpha value is -1.98. The highest BCUT2D eigenvalue weighted by Crippen LogP contribution is 2.29. The largest absolute Gasteiger partial charge is 0.345 e. The molecule has 1 aromatic carbocycles. The van der Waals surface area contributed by atoms with E-state index in [0.29, 0.717) is 5.92 Å². The standard InChI is InChI=1S/C25H34BrN3O.C2H6/c1-18(15-19(2)24(26)20(3)16-27-4)17-29-13-11-22(12-14-29)21-7-9-23(10-8-21)25(30)28(5)6;1-2/h7-10,15-16,22H,2,11-14,17H2,1,3-6H3;1-2H3/b18-15+,24-20+,27-16?;. The van der Waals surface area contributed by atoms with Crippen molar-refractivity contribution in [1.82, 2.24) is 9.80 Å². The van der Waals surface area contributed by atoms with Crippen molar-refractivity contribution in [2.75, 3.05) is 40.8 Å². The number of hydrogen-bond donors (Lipinski definition) is 0. The third-order valence-corrected chi connectivity index (χ3v) is 6.60. The van der Waals surface area contributed by atoms with Crippen LogP contribution in [0, 0.1) is 0 Å². The van der Waals surface area contributed by atoms with Gasteiger partial charge < -0.3 is 4.90 Å². The molecule has 0 saturated carbocycles. The summed E-state index contributed by atoms with van der Waals surface area (Å²) in [5.74, 6) is 0.621. The zero-order chi connectivity index (χ0) is 24.3. The number of hydrogen-bond acceptors (Lipinski definition) is 3. The number of carbonyl (C=O) groups is 1. The monoisotopic (exact) mass is 501 g/mol. The summed E-state index contributed by atoms with van der Waals surface area (Å²) in [6.45, 7) is 15.5. The molecule has 0 N–H and O–H groups in total. The van der Waals surface area contributed by atoms with Gasteiger partial charge in [0.25, 0.3) is 5.91 Å². The van der Waals surface area contributed by atoms with Gasteiger partial charge in [-0.1, -0.05) is 44.2 Å². The number of aliphatic imine (C=N–C) groups is 1. The first kappa shape index (κ1) is 28.1. The van der Waals surface area contributed by atoms with Crippen molar-refractivity contribution in [3.05, 3.63) is 69.2 Å². The van der Waals surface area contributed by atoms with Crippen molar-refractivity contribution in [1.29, 1.82) is 0 Å². The number of benzene rings is 1. The van der Waals surface area contributed by atoms with E-state index in [9.17, 15) is 4.79 Å². The van der Waals surface area contributed by atoms with Crippen LogP contribution in [0.15, 0.2) is 63.1 Å². The highest BCUT2D eigenvalue weighted by atomic mass is 79.9. The SMILES string of the molecule is C=C(/C=C(\C)CN1CCC(c2ccc(C(=O)N(C)C)cc2)CC1)/C(Br)=C(/C)C=NC.CC. The van der Waals surface area contributed by atoms with E-state index in [1.54, 1.807) is 26.0 Å². The third-order valence-electron chi connectivity index (χ3n) is 5.47. The predicted molar refractivity (Wildman–Crippen MR) is 143 cm³/mol. The Morgan fingerprint density at radius 3 is 2.25 bits per heavy atom. The Labute approximate surface area is 203 Å². The number of rotatable bonds is 7. The minimum absolute atomic E-state index is 0.0545. The van der Waals surface area contributed by atoms with E-state index in [1.165, 1.54) is 11.1 Å². The molecular formula is C27H40BrN3O. The van der Waals surface area contributed by atoms with E-state index < -0.39 is 0 Å². The van der Waals surface area contributed by atoms with Crippen molar-refractivity contribution in [2.24, 2.45) is 4.99 Å². The molecule has 0 radical (unpaired) electrons. The molecule has 4 nitrogen and oxygen atoms in total. The van der Waals surface area contributed by atoms with Gasteiger partial charge in [0.2, 0.25) is 0 Å². The van der Waals surface area contributed by atoms with E-state index in [-0.39, 0.29) is 5.91 Å². The average Bonchev–Trinajstić information content (AvgIpc) is 2.80. The van der Waals surface area contributed by atoms with Crippen molar-refractivity contribution in [3.63, 3.8) is 0 Å². The summed E-state index contributed by atoms with van der Waals surface area (Å²) >= 11 is 3.63. The Kier molecular flexibility index (Phi) is 12.5. The van der Waals surface area contributed by atoms with E-state index >= 15 is 0 Å². The van der Waals surface area contributed by atoms with Gasteiger partial charge in [0.1, 0.15) is 0 Å². The highest BCUT2D eigenvalue weighted by Gasteiger charge is 2.21. The van der Waals surface area contributed by atoms with E-state index in [0.717, 1.165) is 53.7 Å². The summed E-state index contributed by atoms with van der Waals surface area (Å²) in [4.78, 5) is 20.3. The van der Waals surface area contributed by atoms with Crippen LogP contribution in [-0.2, 0) is 0 Å². The number of carbonyl (C=O) groups excluding carboxylic acids is 1. The molecule has 1 aliphatic rings. The van der Waals surface area contributed by atoms with Crippen LogP contribution in [0.3, 0.4) is 0 Å². The Bertz CT molecular complexity index is 842. The van der Waals surface area contributed by atoms with E-state index in [1.807, 2.05) is 39.1 Å². The number of allylic oxidation sites excluding steroid dienone is 4. The number of halogens is 1. The fraction of sp³-hybridized carbons (Fsp3) is 0.481. The first-order valence-electron chi connectivity index (χ1n) is 11.4. The number of likely N-dealkylation sites (tertiary alicyclic amines) is 1. The molecule has 0 atom stereocenters. The lowest BCUT2D eigenvalue weighted by Crippen LogP contribution is -2.34. The maximum absolute atomic E-state index is 12.1. The molecule has 32 heavy (non-hydrogen) atoms. The van der Waals surface area contributed by atoms with Gasteiger partial charge in [0.15, 0.2) is 0 Å². The van der Waals surface area contributed by atoms with Gasteiger partial charge in [-0.15, -0.1) is 0 Å². The molecule has 1 saturated heterocycles. The van der Waals surface area contributed by atoms with Gasteiger partial charge in [-0.2, -0.15) is 0 Å². The summed E-state index contributed by atoms with van der Waals surface area (Å²) in [5.41, 5.74) is 5.46. The molecule has 1 amide bonds. The van der Waals surface area contributed by atoms with Crippen LogP contribution < -0.4 is 0 Å². The quantitative estimate of drug-likeness (QED) is 0.317. The first-order chi connectivity index (χ1) is 15.2. The van der Waals surface area contributed by atoms with Crippen LogP contribution in [0.1, 0.15) is 62.4 Å².